The highest BCUT2D eigenvalue weighted by atomic mass is 16.7. The summed E-state index contributed by atoms with van der Waals surface area (Å²) in [7, 11) is 0. The Hall–Kier alpha value is -1.43. The lowest BCUT2D eigenvalue weighted by Crippen LogP contribution is -2.35. The van der Waals surface area contributed by atoms with Crippen LogP contribution >= 0.6 is 0 Å². The third-order valence-electron chi connectivity index (χ3n) is 0.956. The monoisotopic (exact) mass is 156 g/mol. The van der Waals surface area contributed by atoms with Crippen LogP contribution in [-0.4, -0.2) is 27.2 Å². The van der Waals surface area contributed by atoms with Gasteiger partial charge in [0.2, 0.25) is 0 Å². The lowest BCUT2D eigenvalue weighted by Gasteiger charge is -2.02. The van der Waals surface area contributed by atoms with Crippen molar-refractivity contribution in [3.8, 4) is 0 Å². The van der Waals surface area contributed by atoms with E-state index in [9.17, 15) is 4.79 Å². The number of nitrogens with zero attached hydrogens (tertiary/aromatic N) is 3. The Balaban J connectivity index is 2.50. The number of hydrogen-bond donors (Lipinski definition) is 1. The van der Waals surface area contributed by atoms with Crippen LogP contribution in [0.5, 0.6) is 0 Å². The minimum absolute atomic E-state index is 0.546. The first-order valence-corrected chi connectivity index (χ1v) is 3.04. The average molecular weight is 156 g/mol. The highest BCUT2D eigenvalue weighted by Gasteiger charge is 2.09. The highest BCUT2D eigenvalue weighted by molar-refractivity contribution is 5.75. The molecule has 0 aliphatic heterocycles. The Kier molecular flexibility index (Phi) is 2.17. The van der Waals surface area contributed by atoms with Gasteiger partial charge in [-0.25, -0.2) is 4.79 Å². The maximum absolute atomic E-state index is 10.8. The smallest absolute Gasteiger partial charge is 0.319 e. The molecule has 1 aromatic rings. The Morgan fingerprint density at radius 2 is 2.55 bits per heavy atom. The molecule has 0 aromatic carbocycles. The van der Waals surface area contributed by atoms with Crippen LogP contribution in [0.3, 0.4) is 0 Å². The second-order valence-electron chi connectivity index (χ2n) is 2.00. The van der Waals surface area contributed by atoms with E-state index in [4.69, 9.17) is 5.73 Å². The van der Waals surface area contributed by atoms with E-state index in [0.717, 1.165) is 4.85 Å². The van der Waals surface area contributed by atoms with Crippen LogP contribution in [0.2, 0.25) is 0 Å². The summed E-state index contributed by atoms with van der Waals surface area (Å²) in [4.78, 5) is 16.3. The molecule has 1 heterocycles. The van der Waals surface area contributed by atoms with Crippen LogP contribution in [-0.2, 0) is 4.79 Å². The molecule has 0 unspecified atom stereocenters. The third-order valence-corrected chi connectivity index (χ3v) is 0.956. The molecular formula is C5H8N4O2. The minimum atomic E-state index is -0.654. The van der Waals surface area contributed by atoms with Crippen molar-refractivity contribution in [2.75, 3.05) is 0 Å². The van der Waals surface area contributed by atoms with Gasteiger partial charge in [-0.1, -0.05) is 4.85 Å². The molecule has 6 nitrogen and oxygen atoms in total. The van der Waals surface area contributed by atoms with Gasteiger partial charge in [0.25, 0.3) is 0 Å². The van der Waals surface area contributed by atoms with Crippen molar-refractivity contribution in [3.05, 3.63) is 12.4 Å². The predicted octanol–water partition coefficient (Wildman–Crippen LogP) is -1.42. The molecule has 6 heteroatoms. The van der Waals surface area contributed by atoms with Gasteiger partial charge in [0, 0.05) is 0 Å². The zero-order valence-corrected chi connectivity index (χ0v) is 5.97. The van der Waals surface area contributed by atoms with Gasteiger partial charge in [-0.05, 0) is 12.1 Å². The molecule has 60 valence electrons. The molecule has 0 aliphatic rings. The van der Waals surface area contributed by atoms with E-state index in [2.05, 4.69) is 15.1 Å². The molecule has 0 aliphatic carbocycles. The normalized spacial score (nSPS) is 12.5. The molecule has 0 saturated carbocycles. The largest absolute Gasteiger partial charge is 0.351 e. The summed E-state index contributed by atoms with van der Waals surface area (Å²) in [6, 6.07) is -0.654. The summed E-state index contributed by atoms with van der Waals surface area (Å²) in [5, 5.41) is 6.84. The predicted molar refractivity (Wildman–Crippen MR) is 35.3 cm³/mol. The second kappa shape index (κ2) is 3.11. The Morgan fingerprint density at radius 1 is 1.82 bits per heavy atom. The van der Waals surface area contributed by atoms with Gasteiger partial charge in [-0.2, -0.15) is 0 Å². The van der Waals surface area contributed by atoms with Crippen molar-refractivity contribution in [1.29, 1.82) is 0 Å². The minimum Gasteiger partial charge on any atom is -0.319 e. The third kappa shape index (κ3) is 2.01. The first-order chi connectivity index (χ1) is 5.20. The maximum atomic E-state index is 10.8. The number of hydrogen-bond acceptors (Lipinski definition) is 5. The summed E-state index contributed by atoms with van der Waals surface area (Å²) >= 11 is 0. The van der Waals surface area contributed by atoms with Crippen LogP contribution in [0.1, 0.15) is 6.92 Å². The molecule has 0 saturated heterocycles. The van der Waals surface area contributed by atoms with E-state index < -0.39 is 12.0 Å². The second-order valence-corrected chi connectivity index (χ2v) is 2.00. The van der Waals surface area contributed by atoms with Crippen molar-refractivity contribution in [1.82, 2.24) is 15.2 Å². The van der Waals surface area contributed by atoms with Crippen molar-refractivity contribution >= 4 is 5.97 Å². The lowest BCUT2D eigenvalue weighted by molar-refractivity contribution is -0.147. The summed E-state index contributed by atoms with van der Waals surface area (Å²) in [5.74, 6) is -0.546. The summed E-state index contributed by atoms with van der Waals surface area (Å²) in [5.41, 5.74) is 5.22. The summed E-state index contributed by atoms with van der Waals surface area (Å²) in [6.07, 6.45) is 2.80. The van der Waals surface area contributed by atoms with Gasteiger partial charge < -0.3 is 10.6 Å². The molecule has 0 spiro atoms. The number of nitrogens with two attached hydrogens (primary N) is 1. The van der Waals surface area contributed by atoms with Crippen molar-refractivity contribution in [3.63, 3.8) is 0 Å². The molecule has 0 fully saturated rings. The molecule has 1 rings (SSSR count). The first-order valence-electron chi connectivity index (χ1n) is 3.04. The molecule has 1 aromatic heterocycles. The van der Waals surface area contributed by atoms with E-state index in [-0.39, 0.29) is 0 Å². The fraction of sp³-hybridized carbons (Fsp3) is 0.400. The Bertz CT molecular complexity index is 231. The van der Waals surface area contributed by atoms with Gasteiger partial charge in [0.05, 0.1) is 12.4 Å². The Morgan fingerprint density at radius 3 is 3.00 bits per heavy atom. The molecule has 0 radical (unpaired) electrons. The van der Waals surface area contributed by atoms with Gasteiger partial charge in [0.1, 0.15) is 6.04 Å². The molecule has 1 atom stereocenters. The van der Waals surface area contributed by atoms with E-state index >= 15 is 0 Å². The van der Waals surface area contributed by atoms with Gasteiger partial charge in [0.15, 0.2) is 0 Å². The van der Waals surface area contributed by atoms with E-state index in [1.807, 2.05) is 0 Å². The highest BCUT2D eigenvalue weighted by Crippen LogP contribution is 1.80. The molecular weight excluding hydrogens is 148 g/mol. The molecule has 2 N–H and O–H groups in total. The van der Waals surface area contributed by atoms with E-state index in [1.165, 1.54) is 19.3 Å². The van der Waals surface area contributed by atoms with Crippen LogP contribution in [0, 0.1) is 0 Å². The van der Waals surface area contributed by atoms with Crippen LogP contribution in [0.25, 0.3) is 0 Å². The topological polar surface area (TPSA) is 83.0 Å². The molecule has 0 bridgehead atoms. The van der Waals surface area contributed by atoms with Crippen LogP contribution in [0.15, 0.2) is 12.4 Å². The number of rotatable bonds is 2. The quantitative estimate of drug-likeness (QED) is 0.531. The average Bonchev–Trinajstić information content (AvgIpc) is 2.39. The molecule has 11 heavy (non-hydrogen) atoms. The summed E-state index contributed by atoms with van der Waals surface area (Å²) in [6.45, 7) is 1.53. The fourth-order valence-electron chi connectivity index (χ4n) is 0.421. The van der Waals surface area contributed by atoms with E-state index in [1.54, 1.807) is 0 Å². The standard InChI is InChI=1S/C5H8N4O2/c1-4(6)5(10)11-9-3-2-7-8-9/h2-4H,6H2,1H3/t4-/m0/s1. The van der Waals surface area contributed by atoms with Gasteiger partial charge >= 0.3 is 5.97 Å². The Labute approximate surface area is 62.9 Å². The fourth-order valence-corrected chi connectivity index (χ4v) is 0.421. The SMILES string of the molecule is C[C@H](N)C(=O)On1ccnn1. The van der Waals surface area contributed by atoms with Crippen LogP contribution < -0.4 is 10.6 Å². The lowest BCUT2D eigenvalue weighted by atomic mass is 10.4. The zero-order valence-electron chi connectivity index (χ0n) is 5.97. The van der Waals surface area contributed by atoms with Crippen molar-refractivity contribution in [2.24, 2.45) is 5.73 Å². The van der Waals surface area contributed by atoms with Crippen molar-refractivity contribution < 1.29 is 9.63 Å². The molecule has 0 amide bonds. The van der Waals surface area contributed by atoms with Gasteiger partial charge in [-0.15, -0.1) is 5.10 Å². The number of carbonyl (C=O) groups is 1. The van der Waals surface area contributed by atoms with Gasteiger partial charge in [-0.3, -0.25) is 0 Å². The zero-order chi connectivity index (χ0) is 8.27. The number of aromatic nitrogens is 3. The summed E-state index contributed by atoms with van der Waals surface area (Å²) < 4.78 is 0. The number of carbonyl (C=O) groups excluding carboxylic acids is 1. The van der Waals surface area contributed by atoms with Crippen LogP contribution in [0.4, 0.5) is 0 Å². The maximum Gasteiger partial charge on any atom is 0.351 e. The van der Waals surface area contributed by atoms with Crippen molar-refractivity contribution in [2.45, 2.75) is 13.0 Å². The van der Waals surface area contributed by atoms with E-state index in [0.29, 0.717) is 0 Å². The first kappa shape index (κ1) is 7.67.